The van der Waals surface area contributed by atoms with Crippen molar-refractivity contribution in [1.29, 1.82) is 0 Å². The van der Waals surface area contributed by atoms with Gasteiger partial charge in [0.25, 0.3) is 5.91 Å². The number of aliphatic hydroxyl groups excluding tert-OH is 1. The molecule has 120 valence electrons. The summed E-state index contributed by atoms with van der Waals surface area (Å²) in [6.07, 6.45) is 1.19. The molecule has 1 aromatic rings. The molecule has 1 aliphatic heterocycles. The second-order valence-electron chi connectivity index (χ2n) is 6.90. The molecule has 1 aromatic heterocycles. The normalized spacial score (nSPS) is 22.7. The molecule has 1 saturated carbocycles. The Morgan fingerprint density at radius 2 is 2.18 bits per heavy atom. The Morgan fingerprint density at radius 3 is 2.73 bits per heavy atom. The van der Waals surface area contributed by atoms with Crippen molar-refractivity contribution < 1.29 is 14.4 Å². The summed E-state index contributed by atoms with van der Waals surface area (Å²) in [6, 6.07) is 1.66. The molecule has 0 aromatic carbocycles. The van der Waals surface area contributed by atoms with E-state index < -0.39 is 12.1 Å². The van der Waals surface area contributed by atoms with Crippen LogP contribution in [0.2, 0.25) is 0 Å². The summed E-state index contributed by atoms with van der Waals surface area (Å²) in [5, 5.41) is 17.4. The van der Waals surface area contributed by atoms with Gasteiger partial charge in [0.1, 0.15) is 10.8 Å². The van der Waals surface area contributed by atoms with E-state index in [-0.39, 0.29) is 16.3 Å². The number of halogens is 1. The van der Waals surface area contributed by atoms with Crippen LogP contribution in [0.4, 0.5) is 5.82 Å². The first-order valence-electron chi connectivity index (χ1n) is 7.41. The van der Waals surface area contributed by atoms with Crippen molar-refractivity contribution in [3.05, 3.63) is 22.6 Å². The van der Waals surface area contributed by atoms with Crippen molar-refractivity contribution in [3.63, 3.8) is 0 Å². The fraction of sp³-hybridized carbons (Fsp3) is 0.600. The highest BCUT2D eigenvalue weighted by atomic mass is 35.5. The SMILES string of the molecule is CC(C)(C)c1cc(N2C(=O)C(Cl)=C(NCC3CC3)C2O)no1. The predicted octanol–water partition coefficient (Wildman–Crippen LogP) is 2.09. The number of aliphatic hydroxyl groups is 1. The van der Waals surface area contributed by atoms with Crippen molar-refractivity contribution in [1.82, 2.24) is 10.5 Å². The van der Waals surface area contributed by atoms with E-state index in [1.165, 1.54) is 12.8 Å². The molecule has 0 saturated heterocycles. The van der Waals surface area contributed by atoms with Crippen LogP contribution < -0.4 is 10.2 Å². The third-order valence-corrected chi connectivity index (χ3v) is 4.27. The van der Waals surface area contributed by atoms with Gasteiger partial charge in [0.15, 0.2) is 12.0 Å². The summed E-state index contributed by atoms with van der Waals surface area (Å²) in [7, 11) is 0. The van der Waals surface area contributed by atoms with Gasteiger partial charge in [-0.2, -0.15) is 0 Å². The molecular formula is C15H20ClN3O3. The lowest BCUT2D eigenvalue weighted by Gasteiger charge is -2.20. The van der Waals surface area contributed by atoms with E-state index in [2.05, 4.69) is 10.5 Å². The number of anilines is 1. The van der Waals surface area contributed by atoms with E-state index in [1.54, 1.807) is 6.07 Å². The van der Waals surface area contributed by atoms with Crippen molar-refractivity contribution >= 4 is 23.3 Å². The molecule has 7 heteroatoms. The molecule has 0 bridgehead atoms. The number of hydrogen-bond acceptors (Lipinski definition) is 5. The zero-order chi connectivity index (χ0) is 16.1. The topological polar surface area (TPSA) is 78.6 Å². The van der Waals surface area contributed by atoms with Crippen LogP contribution in [-0.2, 0) is 10.2 Å². The molecule has 0 radical (unpaired) electrons. The smallest absolute Gasteiger partial charge is 0.275 e. The first kappa shape index (κ1) is 15.4. The first-order valence-corrected chi connectivity index (χ1v) is 7.79. The highest BCUT2D eigenvalue weighted by molar-refractivity contribution is 6.45. The Bertz CT molecular complexity index is 628. The number of rotatable bonds is 4. The second kappa shape index (κ2) is 5.28. The van der Waals surface area contributed by atoms with Gasteiger partial charge in [-0.3, -0.25) is 9.69 Å². The maximum Gasteiger partial charge on any atom is 0.275 e. The molecule has 22 heavy (non-hydrogen) atoms. The molecule has 1 aliphatic carbocycles. The molecule has 1 unspecified atom stereocenters. The summed E-state index contributed by atoms with van der Waals surface area (Å²) >= 11 is 6.08. The minimum absolute atomic E-state index is 0.00783. The Labute approximate surface area is 134 Å². The van der Waals surface area contributed by atoms with Crippen LogP contribution in [0.5, 0.6) is 0 Å². The molecule has 6 nitrogen and oxygen atoms in total. The highest BCUT2D eigenvalue weighted by Gasteiger charge is 2.41. The summed E-state index contributed by atoms with van der Waals surface area (Å²) in [5.74, 6) is 1.04. The lowest BCUT2D eigenvalue weighted by Crippen LogP contribution is -2.38. The van der Waals surface area contributed by atoms with E-state index in [0.717, 1.165) is 11.4 Å². The lowest BCUT2D eigenvalue weighted by molar-refractivity contribution is -0.115. The van der Waals surface area contributed by atoms with Crippen LogP contribution in [0.15, 0.2) is 21.3 Å². The fourth-order valence-electron chi connectivity index (χ4n) is 2.28. The first-order chi connectivity index (χ1) is 10.3. The van der Waals surface area contributed by atoms with Crippen molar-refractivity contribution in [2.75, 3.05) is 11.4 Å². The monoisotopic (exact) mass is 325 g/mol. The molecular weight excluding hydrogens is 306 g/mol. The van der Waals surface area contributed by atoms with E-state index in [1.807, 2.05) is 20.8 Å². The lowest BCUT2D eigenvalue weighted by atomic mass is 9.93. The van der Waals surface area contributed by atoms with Gasteiger partial charge >= 0.3 is 0 Å². The highest BCUT2D eigenvalue weighted by Crippen LogP contribution is 2.34. The van der Waals surface area contributed by atoms with Crippen LogP contribution in [-0.4, -0.2) is 28.9 Å². The summed E-state index contributed by atoms with van der Waals surface area (Å²) in [6.45, 7) is 6.66. The summed E-state index contributed by atoms with van der Waals surface area (Å²) < 4.78 is 5.28. The fourth-order valence-corrected chi connectivity index (χ4v) is 2.54. The molecule has 2 heterocycles. The van der Waals surface area contributed by atoms with Crippen LogP contribution in [0.3, 0.4) is 0 Å². The van der Waals surface area contributed by atoms with Gasteiger partial charge in [0.2, 0.25) is 0 Å². The van der Waals surface area contributed by atoms with Crippen molar-refractivity contribution in [2.24, 2.45) is 5.92 Å². The third-order valence-electron chi connectivity index (χ3n) is 3.91. The van der Waals surface area contributed by atoms with Gasteiger partial charge in [0.05, 0.1) is 5.70 Å². The maximum absolute atomic E-state index is 12.3. The minimum atomic E-state index is -1.16. The predicted molar refractivity (Wildman–Crippen MR) is 82.3 cm³/mol. The van der Waals surface area contributed by atoms with E-state index in [4.69, 9.17) is 16.1 Å². The Balaban J connectivity index is 1.80. The third kappa shape index (κ3) is 2.73. The number of amides is 1. The zero-order valence-corrected chi connectivity index (χ0v) is 13.6. The maximum atomic E-state index is 12.3. The van der Waals surface area contributed by atoms with Gasteiger partial charge in [-0.15, -0.1) is 0 Å². The summed E-state index contributed by atoms with van der Waals surface area (Å²) in [5.41, 5.74) is 0.113. The average Bonchev–Trinajstić information content (AvgIpc) is 3.07. The Kier molecular flexibility index (Phi) is 3.69. The minimum Gasteiger partial charge on any atom is -0.383 e. The van der Waals surface area contributed by atoms with Crippen LogP contribution >= 0.6 is 11.6 Å². The Hall–Kier alpha value is -1.53. The van der Waals surface area contributed by atoms with Gasteiger partial charge in [-0.05, 0) is 18.8 Å². The molecule has 1 amide bonds. The summed E-state index contributed by atoms with van der Waals surface area (Å²) in [4.78, 5) is 13.4. The molecule has 0 spiro atoms. The second-order valence-corrected chi connectivity index (χ2v) is 7.28. The molecule has 2 N–H and O–H groups in total. The average molecular weight is 326 g/mol. The quantitative estimate of drug-likeness (QED) is 0.886. The van der Waals surface area contributed by atoms with Crippen LogP contribution in [0, 0.1) is 5.92 Å². The number of carbonyl (C=O) groups is 1. The van der Waals surface area contributed by atoms with E-state index in [9.17, 15) is 9.90 Å². The molecule has 3 rings (SSSR count). The van der Waals surface area contributed by atoms with Gasteiger partial charge in [0, 0.05) is 18.0 Å². The number of hydrogen-bond donors (Lipinski definition) is 2. The van der Waals surface area contributed by atoms with Crippen molar-refractivity contribution in [3.8, 4) is 0 Å². The van der Waals surface area contributed by atoms with Gasteiger partial charge in [-0.25, -0.2) is 0 Å². The zero-order valence-electron chi connectivity index (χ0n) is 12.9. The standard InChI is InChI=1S/C15H20ClN3O3/c1-15(2,3)9-6-10(18-22-9)19-13(20)11(16)12(14(19)21)17-7-8-4-5-8/h6,8,14,17,21H,4-5,7H2,1-3H3. The number of nitrogens with zero attached hydrogens (tertiary/aromatic N) is 2. The van der Waals surface area contributed by atoms with E-state index >= 15 is 0 Å². The number of nitrogens with one attached hydrogen (secondary N) is 1. The van der Waals surface area contributed by atoms with Crippen LogP contribution in [0.1, 0.15) is 39.4 Å². The largest absolute Gasteiger partial charge is 0.383 e. The number of carbonyl (C=O) groups excluding carboxylic acids is 1. The van der Waals surface area contributed by atoms with Crippen molar-refractivity contribution in [2.45, 2.75) is 45.3 Å². The van der Waals surface area contributed by atoms with E-state index in [0.29, 0.717) is 17.4 Å². The Morgan fingerprint density at radius 1 is 1.50 bits per heavy atom. The number of aromatic nitrogens is 1. The molecule has 1 fully saturated rings. The van der Waals surface area contributed by atoms with Crippen LogP contribution in [0.25, 0.3) is 0 Å². The van der Waals surface area contributed by atoms with Gasteiger partial charge < -0.3 is 14.9 Å². The molecule has 2 aliphatic rings. The van der Waals surface area contributed by atoms with Gasteiger partial charge in [-0.1, -0.05) is 37.5 Å². The molecule has 1 atom stereocenters.